The summed E-state index contributed by atoms with van der Waals surface area (Å²) in [5, 5.41) is 0. The molecule has 42 heavy (non-hydrogen) atoms. The van der Waals surface area contributed by atoms with E-state index in [0.29, 0.717) is 18.9 Å². The van der Waals surface area contributed by atoms with Crippen LogP contribution in [0.15, 0.2) is 48.0 Å². The lowest BCUT2D eigenvalue weighted by atomic mass is 10.1. The quantitative estimate of drug-likeness (QED) is 0.0676. The normalized spacial score (nSPS) is 12.6. The van der Waals surface area contributed by atoms with Gasteiger partial charge in [0.05, 0.1) is 18.6 Å². The molecule has 0 N–H and O–H groups in total. The highest BCUT2D eigenvalue weighted by Gasteiger charge is 2.20. The van der Waals surface area contributed by atoms with Crippen LogP contribution in [0.5, 0.6) is 23.0 Å². The van der Waals surface area contributed by atoms with Crippen molar-refractivity contribution in [2.45, 2.75) is 104 Å². The average Bonchev–Trinajstić information content (AvgIpc) is 3.27. The van der Waals surface area contributed by atoms with Crippen molar-refractivity contribution in [2.75, 3.05) is 13.7 Å². The van der Waals surface area contributed by atoms with E-state index in [4.69, 9.17) is 18.5 Å². The number of aryl methyl sites for hydroxylation is 1. The Morgan fingerprint density at radius 3 is 2.07 bits per heavy atom. The Bertz CT molecular complexity index is 1260. The number of rotatable bonds is 21. The Balaban J connectivity index is 1.44. The zero-order valence-corrected chi connectivity index (χ0v) is 27.5. The summed E-state index contributed by atoms with van der Waals surface area (Å²) in [6.07, 6.45) is 15.3. The molecule has 0 spiro atoms. The van der Waals surface area contributed by atoms with Gasteiger partial charge in [-0.3, -0.25) is 0 Å². The van der Waals surface area contributed by atoms with Crippen LogP contribution in [0.25, 0.3) is 0 Å². The van der Waals surface area contributed by atoms with Crippen molar-refractivity contribution in [1.82, 2.24) is 0 Å². The zero-order chi connectivity index (χ0) is 30.2. The number of methoxy groups -OCH3 is 1. The molecule has 7 nitrogen and oxygen atoms in total. The van der Waals surface area contributed by atoms with Crippen molar-refractivity contribution in [3.8, 4) is 23.0 Å². The lowest BCUT2D eigenvalue weighted by molar-refractivity contribution is -0.689. The first-order chi connectivity index (χ1) is 20.3. The van der Waals surface area contributed by atoms with Crippen LogP contribution in [0.4, 0.5) is 0 Å². The Kier molecular flexibility index (Phi) is 14.7. The highest BCUT2D eigenvalue weighted by molar-refractivity contribution is 7.46. The number of ether oxygens (including phenoxy) is 2. The Morgan fingerprint density at radius 2 is 1.45 bits per heavy atom. The van der Waals surface area contributed by atoms with E-state index in [1.54, 1.807) is 41.7 Å². The number of benzene rings is 2. The van der Waals surface area contributed by atoms with Crippen LogP contribution in [-0.2, 0) is 11.1 Å². The highest BCUT2D eigenvalue weighted by atomic mass is 32.1. The second kappa shape index (κ2) is 18.2. The average molecular weight is 618 g/mol. The van der Waals surface area contributed by atoms with Gasteiger partial charge in [0, 0.05) is 12.5 Å². The maximum absolute atomic E-state index is 12.8. The molecule has 0 saturated carbocycles. The van der Waals surface area contributed by atoms with E-state index in [1.807, 2.05) is 6.07 Å². The van der Waals surface area contributed by atoms with Crippen LogP contribution in [-0.4, -0.2) is 13.7 Å². The number of hydrogen-bond acceptors (Lipinski definition) is 7. The van der Waals surface area contributed by atoms with E-state index in [0.717, 1.165) is 18.4 Å². The fraction of sp³-hybridized carbons (Fsp3) is 0.545. The second-order valence-corrected chi connectivity index (χ2v) is 13.1. The molecule has 0 radical (unpaired) electrons. The zero-order valence-electron chi connectivity index (χ0n) is 25.8. The molecule has 0 aliphatic heterocycles. The molecule has 3 aromatic rings. The molecule has 2 aromatic carbocycles. The molecule has 1 heterocycles. The van der Waals surface area contributed by atoms with Crippen molar-refractivity contribution in [3.63, 3.8) is 0 Å². The Morgan fingerprint density at radius 1 is 0.833 bits per heavy atom. The standard InChI is InChI=1S/C33H48NO6PS/c1-5-6-7-8-9-10-11-12-13-14-15-16-23-38-31-21-18-22-32(33(31)37-4)40-41(35,36)39-30-20-17-19-29(24-30)25-34-26-42-28(3)27(34)2/h17-22,24,26H,5-16,23,25H2,1-4H3. The minimum Gasteiger partial charge on any atom is -0.736 e. The molecule has 232 valence electrons. The molecule has 0 aliphatic rings. The first-order valence-electron chi connectivity index (χ1n) is 15.4. The number of aromatic nitrogens is 1. The lowest BCUT2D eigenvalue weighted by Gasteiger charge is -2.25. The van der Waals surface area contributed by atoms with Gasteiger partial charge in [-0.25, -0.2) is 4.57 Å². The minimum absolute atomic E-state index is 0.0270. The van der Waals surface area contributed by atoms with Gasteiger partial charge in [-0.05, 0) is 37.6 Å². The van der Waals surface area contributed by atoms with Crippen LogP contribution >= 0.6 is 19.2 Å². The predicted octanol–water partition coefficient (Wildman–Crippen LogP) is 8.72. The maximum Gasteiger partial charge on any atom is 0.372 e. The summed E-state index contributed by atoms with van der Waals surface area (Å²) in [6.45, 7) is 7.54. The summed E-state index contributed by atoms with van der Waals surface area (Å²) in [6, 6.07) is 12.0. The smallest absolute Gasteiger partial charge is 0.372 e. The number of hydrogen-bond donors (Lipinski definition) is 0. The van der Waals surface area contributed by atoms with Crippen LogP contribution < -0.4 is 28.0 Å². The molecule has 1 unspecified atom stereocenters. The van der Waals surface area contributed by atoms with E-state index in [-0.39, 0.29) is 17.2 Å². The lowest BCUT2D eigenvalue weighted by Crippen LogP contribution is -2.34. The summed E-state index contributed by atoms with van der Waals surface area (Å²) in [5.74, 6) is 0.886. The van der Waals surface area contributed by atoms with Crippen molar-refractivity contribution in [3.05, 3.63) is 64.1 Å². The highest BCUT2D eigenvalue weighted by Crippen LogP contribution is 2.46. The third kappa shape index (κ3) is 11.6. The second-order valence-electron chi connectivity index (χ2n) is 10.8. The van der Waals surface area contributed by atoms with E-state index < -0.39 is 7.82 Å². The van der Waals surface area contributed by atoms with Gasteiger partial charge in [-0.1, -0.05) is 107 Å². The molecular formula is C33H48NO6PS. The number of para-hydroxylation sites is 1. The fourth-order valence-corrected chi connectivity index (χ4v) is 6.44. The molecule has 1 aromatic heterocycles. The summed E-state index contributed by atoms with van der Waals surface area (Å²) in [5.41, 5.74) is 4.15. The summed E-state index contributed by atoms with van der Waals surface area (Å²) < 4.78 is 37.0. The molecule has 9 heteroatoms. The molecule has 0 bridgehead atoms. The van der Waals surface area contributed by atoms with Crippen molar-refractivity contribution >= 4 is 19.2 Å². The van der Waals surface area contributed by atoms with Crippen LogP contribution in [0.2, 0.25) is 0 Å². The SMILES string of the molecule is CCCCCCCCCCCCCCOc1cccc(OP(=O)([O-])Oc2cccc(C[n+]3csc(C)c3C)c2)c1OC. The summed E-state index contributed by atoms with van der Waals surface area (Å²) in [4.78, 5) is 14.1. The summed E-state index contributed by atoms with van der Waals surface area (Å²) >= 11 is 1.68. The van der Waals surface area contributed by atoms with E-state index in [2.05, 4.69) is 30.8 Å². The number of phosphoric ester groups is 1. The molecule has 0 aliphatic carbocycles. The van der Waals surface area contributed by atoms with Crippen molar-refractivity contribution in [2.24, 2.45) is 0 Å². The van der Waals surface area contributed by atoms with Gasteiger partial charge < -0.3 is 23.4 Å². The first kappa shape index (κ1) is 34.0. The number of unbranched alkanes of at least 4 members (excludes halogenated alkanes) is 11. The van der Waals surface area contributed by atoms with Crippen LogP contribution in [0, 0.1) is 13.8 Å². The van der Waals surface area contributed by atoms with Crippen LogP contribution in [0.1, 0.15) is 100 Å². The van der Waals surface area contributed by atoms with Gasteiger partial charge in [-0.2, -0.15) is 4.57 Å². The fourth-order valence-electron chi connectivity index (χ4n) is 4.84. The molecule has 0 amide bonds. The van der Waals surface area contributed by atoms with E-state index in [9.17, 15) is 9.46 Å². The van der Waals surface area contributed by atoms with Gasteiger partial charge in [-0.15, -0.1) is 0 Å². The molecule has 0 saturated heterocycles. The van der Waals surface area contributed by atoms with Gasteiger partial charge >= 0.3 is 7.82 Å². The Labute approximate surface area is 256 Å². The summed E-state index contributed by atoms with van der Waals surface area (Å²) in [7, 11) is -3.29. The Hall–Kier alpha value is -2.54. The van der Waals surface area contributed by atoms with Crippen molar-refractivity contribution in [1.29, 1.82) is 0 Å². The maximum atomic E-state index is 12.8. The van der Waals surface area contributed by atoms with Crippen LogP contribution in [0.3, 0.4) is 0 Å². The van der Waals surface area contributed by atoms with Gasteiger partial charge in [0.15, 0.2) is 23.7 Å². The topological polar surface area (TPSA) is 80.9 Å². The predicted molar refractivity (Wildman–Crippen MR) is 168 cm³/mol. The number of nitrogens with zero attached hydrogens (tertiary/aromatic N) is 1. The molecular weight excluding hydrogens is 569 g/mol. The van der Waals surface area contributed by atoms with Crippen molar-refractivity contribution < 1.29 is 32.5 Å². The third-order valence-electron chi connectivity index (χ3n) is 7.38. The first-order valence-corrected chi connectivity index (χ1v) is 17.7. The minimum atomic E-state index is -4.75. The molecule has 1 atom stereocenters. The number of thiazole rings is 1. The molecule has 0 fully saturated rings. The molecule has 3 rings (SSSR count). The van der Waals surface area contributed by atoms with Gasteiger partial charge in [0.25, 0.3) is 0 Å². The van der Waals surface area contributed by atoms with E-state index >= 15 is 0 Å². The monoisotopic (exact) mass is 617 g/mol. The largest absolute Gasteiger partial charge is 0.736 e. The third-order valence-corrected chi connectivity index (χ3v) is 9.24. The number of phosphoric acid groups is 1. The van der Waals surface area contributed by atoms with Gasteiger partial charge in [0.2, 0.25) is 11.3 Å². The van der Waals surface area contributed by atoms with E-state index in [1.165, 1.54) is 88.0 Å². The van der Waals surface area contributed by atoms with Gasteiger partial charge in [0.1, 0.15) is 5.75 Å².